The van der Waals surface area contributed by atoms with Crippen LogP contribution in [0.2, 0.25) is 0 Å². The van der Waals surface area contributed by atoms with Gasteiger partial charge >= 0.3 is 0 Å². The fourth-order valence-electron chi connectivity index (χ4n) is 5.57. The molecule has 4 nitrogen and oxygen atoms in total. The number of ketones is 1. The average molecular weight is 443 g/mol. The summed E-state index contributed by atoms with van der Waals surface area (Å²) in [6.07, 6.45) is 1.43. The van der Waals surface area contributed by atoms with Crippen LogP contribution in [0, 0.1) is 39.0 Å². The molecule has 1 saturated carbocycles. The highest BCUT2D eigenvalue weighted by Crippen LogP contribution is 2.71. The zero-order valence-corrected chi connectivity index (χ0v) is 20.3. The third-order valence-corrected chi connectivity index (χ3v) is 8.86. The molecule has 2 aliphatic rings. The second-order valence-corrected chi connectivity index (χ2v) is 11.2. The first-order valence-corrected chi connectivity index (χ1v) is 12.1. The number of aliphatic hydroxyl groups is 2. The summed E-state index contributed by atoms with van der Waals surface area (Å²) in [4.78, 5) is 15.5. The number of carbonyl (C=O) groups is 1. The van der Waals surface area contributed by atoms with Crippen molar-refractivity contribution in [3.05, 3.63) is 49.2 Å². The molecule has 31 heavy (non-hydrogen) atoms. The predicted molar refractivity (Wildman–Crippen MR) is 125 cm³/mol. The minimum Gasteiger partial charge on any atom is -0.490 e. The lowest BCUT2D eigenvalue weighted by Crippen LogP contribution is -2.22. The zero-order valence-electron chi connectivity index (χ0n) is 19.5. The number of ether oxygens (including phenoxy) is 1. The molecule has 0 aliphatic heterocycles. The SMILES string of the molecule is Cc1cc(CCC(=O)c2sc(C)c3c2C[C@@H]2[C@H]3C2(C)C)c(C)c(C)c1OC[C@H](O)CO. The molecule has 2 N–H and O–H groups in total. The van der Waals surface area contributed by atoms with Crippen molar-refractivity contribution in [2.45, 2.75) is 72.8 Å². The van der Waals surface area contributed by atoms with Gasteiger partial charge in [-0.05, 0) is 91.2 Å². The van der Waals surface area contributed by atoms with E-state index in [1.807, 2.05) is 13.8 Å². The van der Waals surface area contributed by atoms with Crippen molar-refractivity contribution >= 4 is 17.1 Å². The Kier molecular flexibility index (Phi) is 5.82. The van der Waals surface area contributed by atoms with Crippen LogP contribution < -0.4 is 4.74 Å². The first-order chi connectivity index (χ1) is 14.6. The van der Waals surface area contributed by atoms with Crippen LogP contribution in [0.1, 0.15) is 74.1 Å². The first kappa shape index (κ1) is 22.5. The van der Waals surface area contributed by atoms with E-state index in [-0.39, 0.29) is 19.0 Å². The minimum absolute atomic E-state index is 0.0666. The number of aliphatic hydroxyl groups excluding tert-OH is 2. The number of rotatable bonds is 8. The standard InChI is InChI=1S/C26H34O4S/c1-13-9-17(14(2)15(3)24(13)30-12-18(28)11-27)7-8-21(29)25-19-10-20-23(26(20,5)6)22(19)16(4)31-25/h9,18,20,23,27-28H,7-8,10-12H2,1-6H3/t18-,20-,23-/m1/s1. The molecular weight excluding hydrogens is 408 g/mol. The Balaban J connectivity index is 1.47. The van der Waals surface area contributed by atoms with Gasteiger partial charge in [0.1, 0.15) is 18.5 Å². The maximum Gasteiger partial charge on any atom is 0.173 e. The van der Waals surface area contributed by atoms with Gasteiger partial charge in [0.05, 0.1) is 11.5 Å². The monoisotopic (exact) mass is 442 g/mol. The van der Waals surface area contributed by atoms with Crippen LogP contribution in [-0.2, 0) is 12.8 Å². The van der Waals surface area contributed by atoms with Gasteiger partial charge in [-0.25, -0.2) is 0 Å². The molecule has 0 unspecified atom stereocenters. The van der Waals surface area contributed by atoms with Gasteiger partial charge in [-0.1, -0.05) is 19.9 Å². The summed E-state index contributed by atoms with van der Waals surface area (Å²) in [6.45, 7) is 12.7. The maximum absolute atomic E-state index is 13.2. The van der Waals surface area contributed by atoms with Crippen molar-refractivity contribution in [3.8, 4) is 5.75 Å². The summed E-state index contributed by atoms with van der Waals surface area (Å²) in [5, 5.41) is 18.6. The largest absolute Gasteiger partial charge is 0.490 e. The number of carbonyl (C=O) groups excluding carboxylic acids is 1. The molecule has 0 amide bonds. The highest BCUT2D eigenvalue weighted by molar-refractivity contribution is 7.14. The minimum atomic E-state index is -0.885. The molecular formula is C26H34O4S. The van der Waals surface area contributed by atoms with Crippen LogP contribution in [-0.4, -0.2) is 35.3 Å². The molecule has 0 bridgehead atoms. The summed E-state index contributed by atoms with van der Waals surface area (Å²) >= 11 is 1.70. The van der Waals surface area contributed by atoms with Gasteiger partial charge < -0.3 is 14.9 Å². The van der Waals surface area contributed by atoms with Gasteiger partial charge in [0.2, 0.25) is 0 Å². The maximum atomic E-state index is 13.2. The molecule has 1 fully saturated rings. The van der Waals surface area contributed by atoms with Gasteiger partial charge in [-0.15, -0.1) is 11.3 Å². The normalized spacial score (nSPS) is 21.5. The van der Waals surface area contributed by atoms with Crippen molar-refractivity contribution < 1.29 is 19.7 Å². The van der Waals surface area contributed by atoms with E-state index in [4.69, 9.17) is 9.84 Å². The third-order valence-electron chi connectivity index (χ3n) is 7.66. The molecule has 3 atom stereocenters. The van der Waals surface area contributed by atoms with Crippen molar-refractivity contribution in [2.24, 2.45) is 11.3 Å². The highest BCUT2D eigenvalue weighted by Gasteiger charge is 2.63. The summed E-state index contributed by atoms with van der Waals surface area (Å²) in [7, 11) is 0. The molecule has 0 radical (unpaired) electrons. The van der Waals surface area contributed by atoms with Crippen LogP contribution in [0.5, 0.6) is 5.75 Å². The van der Waals surface area contributed by atoms with E-state index >= 15 is 0 Å². The van der Waals surface area contributed by atoms with E-state index < -0.39 is 6.10 Å². The molecule has 1 aromatic heterocycles. The molecule has 1 aromatic carbocycles. The Morgan fingerprint density at radius 2 is 1.97 bits per heavy atom. The van der Waals surface area contributed by atoms with Crippen LogP contribution in [0.15, 0.2) is 6.07 Å². The summed E-state index contributed by atoms with van der Waals surface area (Å²) in [6, 6.07) is 2.10. The Morgan fingerprint density at radius 1 is 1.26 bits per heavy atom. The Labute approximate surface area is 189 Å². The van der Waals surface area contributed by atoms with Crippen molar-refractivity contribution in [1.82, 2.24) is 0 Å². The molecule has 5 heteroatoms. The smallest absolute Gasteiger partial charge is 0.173 e. The van der Waals surface area contributed by atoms with Crippen molar-refractivity contribution in [3.63, 3.8) is 0 Å². The number of thiophene rings is 1. The fraction of sp³-hybridized carbons (Fsp3) is 0.577. The molecule has 1 heterocycles. The van der Waals surface area contributed by atoms with E-state index in [9.17, 15) is 9.90 Å². The molecule has 168 valence electrons. The number of aryl methyl sites for hydroxylation is 3. The lowest BCUT2D eigenvalue weighted by Gasteiger charge is -2.18. The molecule has 2 aliphatic carbocycles. The Bertz CT molecular complexity index is 1030. The quantitative estimate of drug-likeness (QED) is 0.575. The fourth-order valence-corrected chi connectivity index (χ4v) is 6.77. The van der Waals surface area contributed by atoms with Crippen LogP contribution in [0.25, 0.3) is 0 Å². The number of fused-ring (bicyclic) bond motifs is 3. The lowest BCUT2D eigenvalue weighted by molar-refractivity contribution is 0.0531. The van der Waals surface area contributed by atoms with E-state index in [1.165, 1.54) is 21.6 Å². The average Bonchev–Trinajstić information content (AvgIpc) is 3.05. The van der Waals surface area contributed by atoms with Crippen molar-refractivity contribution in [2.75, 3.05) is 13.2 Å². The van der Waals surface area contributed by atoms with Crippen molar-refractivity contribution in [1.29, 1.82) is 0 Å². The van der Waals surface area contributed by atoms with E-state index in [0.29, 0.717) is 17.8 Å². The predicted octanol–water partition coefficient (Wildman–Crippen LogP) is 4.82. The molecule has 0 saturated heterocycles. The van der Waals surface area contributed by atoms with Gasteiger partial charge in [-0.3, -0.25) is 4.79 Å². The first-order valence-electron chi connectivity index (χ1n) is 11.2. The summed E-state index contributed by atoms with van der Waals surface area (Å²) in [5.41, 5.74) is 7.56. The second-order valence-electron chi connectivity index (χ2n) is 9.99. The molecule has 0 spiro atoms. The molecule has 2 aromatic rings. The number of Topliss-reactive ketones (excluding diaryl/α,β-unsaturated/α-hetero) is 1. The number of hydrogen-bond donors (Lipinski definition) is 2. The van der Waals surface area contributed by atoms with Crippen LogP contribution in [0.4, 0.5) is 0 Å². The lowest BCUT2D eigenvalue weighted by atomic mass is 9.92. The third kappa shape index (κ3) is 3.75. The molecule has 4 rings (SSSR count). The van der Waals surface area contributed by atoms with E-state index in [0.717, 1.165) is 46.1 Å². The van der Waals surface area contributed by atoms with Crippen LogP contribution in [0.3, 0.4) is 0 Å². The van der Waals surface area contributed by atoms with E-state index in [1.54, 1.807) is 11.3 Å². The second kappa shape index (κ2) is 8.02. The Morgan fingerprint density at radius 3 is 2.65 bits per heavy atom. The Hall–Kier alpha value is -1.69. The van der Waals surface area contributed by atoms with Gasteiger partial charge in [-0.2, -0.15) is 0 Å². The zero-order chi connectivity index (χ0) is 22.7. The number of benzene rings is 1. The van der Waals surface area contributed by atoms with E-state index in [2.05, 4.69) is 33.8 Å². The highest BCUT2D eigenvalue weighted by atomic mass is 32.1. The van der Waals surface area contributed by atoms with Gasteiger partial charge in [0.25, 0.3) is 0 Å². The number of hydrogen-bond acceptors (Lipinski definition) is 5. The van der Waals surface area contributed by atoms with Crippen LogP contribution >= 0.6 is 11.3 Å². The topological polar surface area (TPSA) is 66.8 Å². The van der Waals surface area contributed by atoms with Gasteiger partial charge in [0, 0.05) is 11.3 Å². The summed E-state index contributed by atoms with van der Waals surface area (Å²) < 4.78 is 5.76. The summed E-state index contributed by atoms with van der Waals surface area (Å²) in [5.74, 6) is 2.41. The van der Waals surface area contributed by atoms with Gasteiger partial charge in [0.15, 0.2) is 5.78 Å².